The Balaban J connectivity index is 0.000000190. The first-order valence-corrected chi connectivity index (χ1v) is 13.7. The number of carbonyl (C=O) groups excluding carboxylic acids is 1. The first kappa shape index (κ1) is 29.1. The number of nitrogens with one attached hydrogen (secondary N) is 2. The number of carbonyl (C=O) groups is 1. The summed E-state index contributed by atoms with van der Waals surface area (Å²) in [4.78, 5) is 17.6. The van der Waals surface area contributed by atoms with Gasteiger partial charge in [-0.1, -0.05) is 33.1 Å². The minimum Gasteiger partial charge on any atom is -0.387 e. The molecule has 38 heavy (non-hydrogen) atoms. The number of aromatic nitrogens is 4. The van der Waals surface area contributed by atoms with Crippen molar-refractivity contribution in [2.75, 3.05) is 36.9 Å². The van der Waals surface area contributed by atoms with Crippen LogP contribution in [-0.4, -0.2) is 58.2 Å². The first-order valence-electron chi connectivity index (χ1n) is 13.7. The fourth-order valence-corrected chi connectivity index (χ4v) is 4.16. The molecule has 1 aliphatic heterocycles. The molecule has 4 heterocycles. The molecule has 3 aromatic heterocycles. The van der Waals surface area contributed by atoms with E-state index in [9.17, 15) is 9.18 Å². The molecule has 0 radical (unpaired) electrons. The summed E-state index contributed by atoms with van der Waals surface area (Å²) in [5.41, 5.74) is 4.58. The van der Waals surface area contributed by atoms with Gasteiger partial charge in [0.15, 0.2) is 17.8 Å². The molecule has 1 saturated carbocycles. The molecular weight excluding hydrogens is 481 g/mol. The number of benzene rings is 1. The van der Waals surface area contributed by atoms with E-state index >= 15 is 0 Å². The highest BCUT2D eigenvalue weighted by Crippen LogP contribution is 2.29. The summed E-state index contributed by atoms with van der Waals surface area (Å²) in [5, 5.41) is 11.9. The Morgan fingerprint density at radius 1 is 1.18 bits per heavy atom. The summed E-state index contributed by atoms with van der Waals surface area (Å²) < 4.78 is 16.9. The van der Waals surface area contributed by atoms with E-state index in [4.69, 9.17) is 0 Å². The van der Waals surface area contributed by atoms with Gasteiger partial charge < -0.3 is 19.9 Å². The van der Waals surface area contributed by atoms with Crippen LogP contribution in [0.1, 0.15) is 63.0 Å². The molecule has 0 amide bonds. The Hall–Kier alpha value is -3.46. The fourth-order valence-electron chi connectivity index (χ4n) is 4.16. The van der Waals surface area contributed by atoms with Gasteiger partial charge in [-0.15, -0.1) is 0 Å². The minimum absolute atomic E-state index is 0.306. The molecule has 1 saturated heterocycles. The van der Waals surface area contributed by atoms with Crippen LogP contribution in [0.15, 0.2) is 36.8 Å². The van der Waals surface area contributed by atoms with Gasteiger partial charge in [0.25, 0.3) is 0 Å². The van der Waals surface area contributed by atoms with Crippen molar-refractivity contribution in [3.8, 4) is 0 Å². The summed E-state index contributed by atoms with van der Waals surface area (Å²) in [6, 6.07) is 5.84. The number of hydrogen-bond donors (Lipinski definition) is 2. The molecule has 206 valence electrons. The van der Waals surface area contributed by atoms with Gasteiger partial charge in [0.05, 0.1) is 11.4 Å². The van der Waals surface area contributed by atoms with E-state index in [1.165, 1.54) is 31.0 Å². The van der Waals surface area contributed by atoms with Gasteiger partial charge in [0.1, 0.15) is 5.52 Å². The number of rotatable bonds is 4. The lowest BCUT2D eigenvalue weighted by molar-refractivity contribution is 0.112. The van der Waals surface area contributed by atoms with Gasteiger partial charge in [-0.3, -0.25) is 9.48 Å². The normalized spacial score (nSPS) is 16.0. The second kappa shape index (κ2) is 13.9. The van der Waals surface area contributed by atoms with Crippen LogP contribution in [0.2, 0.25) is 0 Å². The van der Waals surface area contributed by atoms with Gasteiger partial charge in [0, 0.05) is 80.6 Å². The van der Waals surface area contributed by atoms with Crippen molar-refractivity contribution in [3.05, 3.63) is 53.9 Å². The van der Waals surface area contributed by atoms with E-state index in [-0.39, 0.29) is 5.82 Å². The Bertz CT molecular complexity index is 1320. The topological polar surface area (TPSA) is 79.5 Å². The molecular formula is C29H42FN7O. The van der Waals surface area contributed by atoms with Crippen molar-refractivity contribution >= 4 is 34.2 Å². The average Bonchev–Trinajstić information content (AvgIpc) is 3.67. The third-order valence-electron chi connectivity index (χ3n) is 6.16. The summed E-state index contributed by atoms with van der Waals surface area (Å²) in [7, 11) is 1.75. The predicted molar refractivity (Wildman–Crippen MR) is 155 cm³/mol. The highest BCUT2D eigenvalue weighted by molar-refractivity contribution is 6.01. The van der Waals surface area contributed by atoms with E-state index in [0.29, 0.717) is 17.3 Å². The van der Waals surface area contributed by atoms with Gasteiger partial charge in [-0.05, 0) is 32.9 Å². The molecule has 2 aliphatic rings. The number of fused-ring (bicyclic) bond motifs is 2. The second-order valence-corrected chi connectivity index (χ2v) is 9.34. The number of hydrogen-bond acceptors (Lipinski definition) is 6. The van der Waals surface area contributed by atoms with E-state index in [0.717, 1.165) is 54.7 Å². The van der Waals surface area contributed by atoms with E-state index < -0.39 is 0 Å². The number of piperazine rings is 1. The van der Waals surface area contributed by atoms with Crippen LogP contribution in [0.4, 0.5) is 15.8 Å². The largest absolute Gasteiger partial charge is 0.387 e. The van der Waals surface area contributed by atoms with Crippen molar-refractivity contribution in [1.82, 2.24) is 24.5 Å². The zero-order chi connectivity index (χ0) is 27.7. The van der Waals surface area contributed by atoms with Crippen LogP contribution in [0.25, 0.3) is 16.6 Å². The monoisotopic (exact) mass is 523 g/mol. The van der Waals surface area contributed by atoms with E-state index in [1.54, 1.807) is 23.8 Å². The zero-order valence-electron chi connectivity index (χ0n) is 23.6. The summed E-state index contributed by atoms with van der Waals surface area (Å²) >= 11 is 0. The lowest BCUT2D eigenvalue weighted by Gasteiger charge is -2.34. The maximum Gasteiger partial charge on any atom is 0.173 e. The SMILES string of the molecule is C1CC1.CC.CCn1cc2c(N3CCNC(C)C3)ccc(C=O)c2n1.CNc1cc(F)c2nc(C)cn2c1. The molecule has 1 unspecified atom stereocenters. The number of halogens is 1. The number of aryl methyl sites for hydroxylation is 2. The van der Waals surface area contributed by atoms with E-state index in [2.05, 4.69) is 39.5 Å². The third kappa shape index (κ3) is 7.31. The van der Waals surface area contributed by atoms with Crippen molar-refractivity contribution in [2.24, 2.45) is 0 Å². The van der Waals surface area contributed by atoms with Crippen LogP contribution >= 0.6 is 0 Å². The van der Waals surface area contributed by atoms with Crippen LogP contribution in [0, 0.1) is 12.7 Å². The maximum absolute atomic E-state index is 13.3. The highest BCUT2D eigenvalue weighted by Gasteiger charge is 2.20. The molecule has 0 bridgehead atoms. The number of imidazole rings is 1. The molecule has 1 aromatic carbocycles. The van der Waals surface area contributed by atoms with Crippen molar-refractivity contribution in [1.29, 1.82) is 0 Å². The quantitative estimate of drug-likeness (QED) is 0.335. The van der Waals surface area contributed by atoms with Gasteiger partial charge >= 0.3 is 0 Å². The second-order valence-electron chi connectivity index (χ2n) is 9.34. The molecule has 6 rings (SSSR count). The molecule has 4 aromatic rings. The summed E-state index contributed by atoms with van der Waals surface area (Å²) in [5.74, 6) is -0.306. The fraction of sp³-hybridized carbons (Fsp3) is 0.483. The number of nitrogens with zero attached hydrogens (tertiary/aromatic N) is 5. The standard InChI is InChI=1S/C15H20N4O.C9H10FN3.C3H6.C2H6/c1-3-19-9-13-14(18-7-6-16-11(2)8-18)5-4-12(10-20)15(13)17-19;1-6-4-13-5-7(11-2)3-8(10)9(13)12-6;1-2-3-1;1-2/h4-5,9-11,16H,3,6-8H2,1-2H3;3-5,11H,1-2H3;1-3H2;1-2H3. The number of aldehydes is 1. The zero-order valence-corrected chi connectivity index (χ0v) is 23.6. The first-order chi connectivity index (χ1) is 18.4. The molecule has 0 spiro atoms. The number of anilines is 2. The van der Waals surface area contributed by atoms with Crippen molar-refractivity contribution in [3.63, 3.8) is 0 Å². The molecule has 1 aliphatic carbocycles. The Morgan fingerprint density at radius 2 is 1.92 bits per heavy atom. The Labute approximate surface area is 225 Å². The maximum atomic E-state index is 13.3. The Kier molecular flexibility index (Phi) is 10.6. The van der Waals surface area contributed by atoms with Gasteiger partial charge in [-0.25, -0.2) is 9.37 Å². The smallest absolute Gasteiger partial charge is 0.173 e. The predicted octanol–water partition coefficient (Wildman–Crippen LogP) is 5.69. The molecule has 8 nitrogen and oxygen atoms in total. The van der Waals surface area contributed by atoms with Crippen molar-refractivity contribution < 1.29 is 9.18 Å². The average molecular weight is 524 g/mol. The lowest BCUT2D eigenvalue weighted by Crippen LogP contribution is -2.49. The van der Waals surface area contributed by atoms with Gasteiger partial charge in [0.2, 0.25) is 0 Å². The lowest BCUT2D eigenvalue weighted by atomic mass is 10.1. The third-order valence-corrected chi connectivity index (χ3v) is 6.16. The van der Waals surface area contributed by atoms with E-state index in [1.807, 2.05) is 43.8 Å². The highest BCUT2D eigenvalue weighted by atomic mass is 19.1. The van der Waals surface area contributed by atoms with Crippen LogP contribution in [0.5, 0.6) is 0 Å². The minimum atomic E-state index is -0.306. The van der Waals surface area contributed by atoms with Crippen LogP contribution in [-0.2, 0) is 6.54 Å². The molecule has 2 fully saturated rings. The summed E-state index contributed by atoms with van der Waals surface area (Å²) in [6.07, 6.45) is 11.0. The molecule has 1 atom stereocenters. The van der Waals surface area contributed by atoms with Crippen LogP contribution in [0.3, 0.4) is 0 Å². The van der Waals surface area contributed by atoms with Gasteiger partial charge in [-0.2, -0.15) is 5.10 Å². The van der Waals surface area contributed by atoms with Crippen LogP contribution < -0.4 is 15.5 Å². The number of pyridine rings is 1. The molecule has 9 heteroatoms. The Morgan fingerprint density at radius 3 is 2.53 bits per heavy atom. The molecule has 2 N–H and O–H groups in total. The summed E-state index contributed by atoms with van der Waals surface area (Å²) in [6.45, 7) is 13.8. The van der Waals surface area contributed by atoms with Crippen molar-refractivity contribution in [2.45, 2.75) is 66.5 Å².